The van der Waals surface area contributed by atoms with Crippen LogP contribution in [-0.4, -0.2) is 23.6 Å². The number of ether oxygens (including phenoxy) is 1. The standard InChI is InChI=1S/C9H8N2O3S/c1-14-7-2-6(4-11-13)3-8(9(7)12)15-5-10/h2-4,12-13H,1H3/b11-4+. The van der Waals surface area contributed by atoms with Crippen molar-refractivity contribution < 1.29 is 15.1 Å². The first-order valence-corrected chi connectivity index (χ1v) is 4.69. The molecule has 6 heteroatoms. The molecular weight excluding hydrogens is 216 g/mol. The van der Waals surface area contributed by atoms with Crippen molar-refractivity contribution in [3.05, 3.63) is 17.7 Å². The number of nitrogens with zero attached hydrogens (tertiary/aromatic N) is 2. The van der Waals surface area contributed by atoms with Crippen LogP contribution in [0.1, 0.15) is 5.56 Å². The number of methoxy groups -OCH3 is 1. The average molecular weight is 224 g/mol. The average Bonchev–Trinajstić information content (AvgIpc) is 2.23. The summed E-state index contributed by atoms with van der Waals surface area (Å²) in [6, 6.07) is 3.02. The van der Waals surface area contributed by atoms with Crippen molar-refractivity contribution in [1.82, 2.24) is 0 Å². The largest absolute Gasteiger partial charge is 0.503 e. The Labute approximate surface area is 90.6 Å². The minimum atomic E-state index is -0.0980. The molecule has 0 radical (unpaired) electrons. The van der Waals surface area contributed by atoms with Gasteiger partial charge in [0.15, 0.2) is 11.5 Å². The number of benzene rings is 1. The van der Waals surface area contributed by atoms with E-state index in [4.69, 9.17) is 15.2 Å². The second kappa shape index (κ2) is 5.12. The minimum absolute atomic E-state index is 0.0980. The second-order valence-corrected chi connectivity index (χ2v) is 3.33. The maximum atomic E-state index is 9.61. The van der Waals surface area contributed by atoms with Gasteiger partial charge in [-0.1, -0.05) is 5.16 Å². The van der Waals surface area contributed by atoms with Gasteiger partial charge in [0.25, 0.3) is 0 Å². The maximum Gasteiger partial charge on any atom is 0.172 e. The van der Waals surface area contributed by atoms with E-state index in [9.17, 15) is 5.11 Å². The van der Waals surface area contributed by atoms with E-state index in [2.05, 4.69) is 5.16 Å². The van der Waals surface area contributed by atoms with Gasteiger partial charge in [-0.15, -0.1) is 0 Å². The van der Waals surface area contributed by atoms with Crippen LogP contribution in [0.2, 0.25) is 0 Å². The van der Waals surface area contributed by atoms with Crippen molar-refractivity contribution in [2.45, 2.75) is 4.90 Å². The van der Waals surface area contributed by atoms with E-state index in [0.717, 1.165) is 11.8 Å². The molecule has 0 aliphatic heterocycles. The molecule has 0 bridgehead atoms. The van der Waals surface area contributed by atoms with Crippen molar-refractivity contribution >= 4 is 18.0 Å². The highest BCUT2D eigenvalue weighted by molar-refractivity contribution is 8.03. The summed E-state index contributed by atoms with van der Waals surface area (Å²) < 4.78 is 4.90. The van der Waals surface area contributed by atoms with Crippen LogP contribution >= 0.6 is 11.8 Å². The lowest BCUT2D eigenvalue weighted by atomic mass is 10.2. The highest BCUT2D eigenvalue weighted by Crippen LogP contribution is 2.37. The van der Waals surface area contributed by atoms with Crippen LogP contribution in [0.5, 0.6) is 11.5 Å². The summed E-state index contributed by atoms with van der Waals surface area (Å²) in [6.45, 7) is 0. The highest BCUT2D eigenvalue weighted by Gasteiger charge is 2.10. The minimum Gasteiger partial charge on any atom is -0.503 e. The molecule has 1 rings (SSSR count). The molecule has 0 aliphatic rings. The molecule has 1 aromatic rings. The molecule has 0 saturated carbocycles. The van der Waals surface area contributed by atoms with Gasteiger partial charge in [0.05, 0.1) is 18.2 Å². The molecule has 78 valence electrons. The summed E-state index contributed by atoms with van der Waals surface area (Å²) in [7, 11) is 1.40. The topological polar surface area (TPSA) is 85.8 Å². The zero-order valence-electron chi connectivity index (χ0n) is 7.84. The lowest BCUT2D eigenvalue weighted by Crippen LogP contribution is -1.89. The molecule has 0 fully saturated rings. The Morgan fingerprint density at radius 2 is 2.33 bits per heavy atom. The van der Waals surface area contributed by atoms with Crippen molar-refractivity contribution in [2.24, 2.45) is 5.16 Å². The van der Waals surface area contributed by atoms with Gasteiger partial charge < -0.3 is 15.1 Å². The van der Waals surface area contributed by atoms with Gasteiger partial charge in [-0.2, -0.15) is 5.26 Å². The number of phenolic OH excluding ortho intramolecular Hbond substituents is 1. The number of hydrogen-bond acceptors (Lipinski definition) is 6. The zero-order valence-corrected chi connectivity index (χ0v) is 8.65. The quantitative estimate of drug-likeness (QED) is 0.269. The normalized spacial score (nSPS) is 10.1. The van der Waals surface area contributed by atoms with Crippen LogP contribution in [-0.2, 0) is 0 Å². The van der Waals surface area contributed by atoms with E-state index in [1.807, 2.05) is 5.40 Å². The van der Waals surface area contributed by atoms with Gasteiger partial charge in [0.1, 0.15) is 5.40 Å². The maximum absolute atomic E-state index is 9.61. The monoisotopic (exact) mass is 224 g/mol. The van der Waals surface area contributed by atoms with Gasteiger partial charge >= 0.3 is 0 Å². The molecule has 0 unspecified atom stereocenters. The summed E-state index contributed by atoms with van der Waals surface area (Å²) in [5.41, 5.74) is 0.532. The van der Waals surface area contributed by atoms with Crippen LogP contribution in [0.25, 0.3) is 0 Å². The first-order valence-electron chi connectivity index (χ1n) is 3.87. The third kappa shape index (κ3) is 2.54. The Hall–Kier alpha value is -1.87. The smallest absolute Gasteiger partial charge is 0.172 e. The van der Waals surface area contributed by atoms with Crippen LogP contribution in [0, 0.1) is 10.7 Å². The summed E-state index contributed by atoms with van der Waals surface area (Å²) in [5, 5.41) is 31.2. The van der Waals surface area contributed by atoms with E-state index >= 15 is 0 Å². The van der Waals surface area contributed by atoms with Crippen LogP contribution in [0.4, 0.5) is 0 Å². The Balaban J connectivity index is 3.26. The predicted molar refractivity (Wildman–Crippen MR) is 55.5 cm³/mol. The first-order chi connectivity index (χ1) is 7.22. The third-order valence-electron chi connectivity index (χ3n) is 1.64. The van der Waals surface area contributed by atoms with Crippen LogP contribution in [0.3, 0.4) is 0 Å². The SMILES string of the molecule is COc1cc(/C=N/O)cc(SC#N)c1O. The molecule has 2 N–H and O–H groups in total. The second-order valence-electron chi connectivity index (χ2n) is 2.51. The molecule has 0 aromatic heterocycles. The molecule has 0 atom stereocenters. The molecular formula is C9H8N2O3S. The summed E-state index contributed by atoms with van der Waals surface area (Å²) in [4.78, 5) is 0.353. The number of oxime groups is 1. The van der Waals surface area contributed by atoms with E-state index < -0.39 is 0 Å². The molecule has 1 aromatic carbocycles. The summed E-state index contributed by atoms with van der Waals surface area (Å²) in [6.07, 6.45) is 1.18. The Morgan fingerprint density at radius 1 is 1.60 bits per heavy atom. The van der Waals surface area contributed by atoms with E-state index in [-0.39, 0.29) is 11.5 Å². The fraction of sp³-hybridized carbons (Fsp3) is 0.111. The lowest BCUT2D eigenvalue weighted by Gasteiger charge is -2.07. The summed E-state index contributed by atoms with van der Waals surface area (Å²) in [5.74, 6) is 0.129. The number of thiocyanates is 1. The van der Waals surface area contributed by atoms with E-state index in [1.54, 1.807) is 0 Å². The molecule has 0 spiro atoms. The number of rotatable bonds is 3. The molecule has 5 nitrogen and oxygen atoms in total. The number of hydrogen-bond donors (Lipinski definition) is 2. The van der Waals surface area contributed by atoms with Gasteiger partial charge in [0, 0.05) is 5.56 Å². The van der Waals surface area contributed by atoms with E-state index in [0.29, 0.717) is 10.5 Å². The number of thioether (sulfide) groups is 1. The van der Waals surface area contributed by atoms with Gasteiger partial charge in [-0.3, -0.25) is 0 Å². The zero-order chi connectivity index (χ0) is 11.3. The number of aromatic hydroxyl groups is 1. The number of phenols is 1. The van der Waals surface area contributed by atoms with E-state index in [1.165, 1.54) is 25.5 Å². The van der Waals surface area contributed by atoms with Gasteiger partial charge in [-0.05, 0) is 23.9 Å². The van der Waals surface area contributed by atoms with Crippen molar-refractivity contribution in [1.29, 1.82) is 5.26 Å². The van der Waals surface area contributed by atoms with Gasteiger partial charge in [0.2, 0.25) is 0 Å². The van der Waals surface area contributed by atoms with Crippen LogP contribution < -0.4 is 4.74 Å². The molecule has 0 saturated heterocycles. The lowest BCUT2D eigenvalue weighted by molar-refractivity contribution is 0.321. The molecule has 15 heavy (non-hydrogen) atoms. The Morgan fingerprint density at radius 3 is 2.87 bits per heavy atom. The molecule has 0 aliphatic carbocycles. The molecule has 0 amide bonds. The van der Waals surface area contributed by atoms with Gasteiger partial charge in [-0.25, -0.2) is 0 Å². The predicted octanol–water partition coefficient (Wildman–Crippen LogP) is 1.78. The molecule has 0 heterocycles. The van der Waals surface area contributed by atoms with Crippen molar-refractivity contribution in [3.63, 3.8) is 0 Å². The number of nitriles is 1. The Bertz CT molecular complexity index is 426. The Kier molecular flexibility index (Phi) is 3.83. The first kappa shape index (κ1) is 11.2. The van der Waals surface area contributed by atoms with Crippen molar-refractivity contribution in [3.8, 4) is 16.9 Å². The summed E-state index contributed by atoms with van der Waals surface area (Å²) >= 11 is 0.804. The fourth-order valence-corrected chi connectivity index (χ4v) is 1.52. The third-order valence-corrected chi connectivity index (χ3v) is 2.27. The van der Waals surface area contributed by atoms with Crippen molar-refractivity contribution in [2.75, 3.05) is 7.11 Å². The fourth-order valence-electron chi connectivity index (χ4n) is 1.03. The van der Waals surface area contributed by atoms with Crippen LogP contribution in [0.15, 0.2) is 22.2 Å². The highest BCUT2D eigenvalue weighted by atomic mass is 32.2.